The Hall–Kier alpha value is -3.22. The Morgan fingerprint density at radius 1 is 0.571 bits per heavy atom. The third-order valence-corrected chi connectivity index (χ3v) is 4.70. The highest BCUT2D eigenvalue weighted by atomic mass is 14.0. The van der Waals surface area contributed by atoms with Crippen LogP contribution in [-0.2, 0) is 6.42 Å². The summed E-state index contributed by atoms with van der Waals surface area (Å²) >= 11 is 0. The minimum atomic E-state index is 0.969. The van der Waals surface area contributed by atoms with Gasteiger partial charge in [-0.2, -0.15) is 0 Å². The third kappa shape index (κ3) is 5.64. The number of rotatable bonds is 4. The smallest absolute Gasteiger partial charge is 0.0249 e. The summed E-state index contributed by atoms with van der Waals surface area (Å²) < 4.78 is 0. The molecule has 0 bridgehead atoms. The normalized spacial score (nSPS) is 9.79. The second-order valence-electron chi connectivity index (χ2n) is 6.86. The molecule has 0 saturated heterocycles. The van der Waals surface area contributed by atoms with Gasteiger partial charge < -0.3 is 0 Å². The molecule has 0 heteroatoms. The summed E-state index contributed by atoms with van der Waals surface area (Å²) in [6.45, 7) is 4.36. The molecule has 0 nitrogen and oxygen atoms in total. The number of benzene rings is 3. The number of hydrogen-bond acceptors (Lipinski definition) is 0. The second-order valence-corrected chi connectivity index (χ2v) is 6.86. The summed E-state index contributed by atoms with van der Waals surface area (Å²) in [7, 11) is 0. The van der Waals surface area contributed by atoms with Gasteiger partial charge in [0.1, 0.15) is 0 Å². The lowest BCUT2D eigenvalue weighted by molar-refractivity contribution is 0.828. The quantitative estimate of drug-likeness (QED) is 0.351. The molecule has 0 spiro atoms. The molecule has 0 unspecified atom stereocenters. The van der Waals surface area contributed by atoms with Crippen LogP contribution in [0.2, 0.25) is 0 Å². The van der Waals surface area contributed by atoms with Gasteiger partial charge in [0, 0.05) is 23.1 Å². The predicted octanol–water partition coefficient (Wildman–Crippen LogP) is 6.86. The van der Waals surface area contributed by atoms with Gasteiger partial charge in [0.05, 0.1) is 0 Å². The van der Waals surface area contributed by atoms with Crippen LogP contribution in [0.4, 0.5) is 0 Å². The molecule has 0 atom stereocenters. The van der Waals surface area contributed by atoms with Gasteiger partial charge in [-0.3, -0.25) is 0 Å². The first kappa shape index (κ1) is 19.5. The Morgan fingerprint density at radius 3 is 1.54 bits per heavy atom. The van der Waals surface area contributed by atoms with Crippen molar-refractivity contribution < 1.29 is 0 Å². The molecule has 0 saturated carbocycles. The summed E-state index contributed by atoms with van der Waals surface area (Å²) in [5.74, 6) is 12.9. The highest BCUT2D eigenvalue weighted by Gasteiger charge is 1.98. The van der Waals surface area contributed by atoms with E-state index in [9.17, 15) is 0 Å². The Labute approximate surface area is 169 Å². The van der Waals surface area contributed by atoms with Crippen LogP contribution in [0.15, 0.2) is 72.8 Å². The molecule has 28 heavy (non-hydrogen) atoms. The Morgan fingerprint density at radius 2 is 1.04 bits per heavy atom. The van der Waals surface area contributed by atoms with Gasteiger partial charge in [-0.25, -0.2) is 0 Å². The molecule has 0 N–H and O–H groups in total. The number of hydrogen-bond donors (Lipinski definition) is 0. The summed E-state index contributed by atoms with van der Waals surface area (Å²) in [6, 6.07) is 25.4. The Bertz CT molecular complexity index is 996. The van der Waals surface area contributed by atoms with E-state index in [1.54, 1.807) is 0 Å². The van der Waals surface area contributed by atoms with Gasteiger partial charge in [-0.05, 0) is 65.9 Å². The lowest BCUT2D eigenvalue weighted by atomic mass is 10.0. The lowest BCUT2D eigenvalue weighted by Crippen LogP contribution is -1.82. The predicted molar refractivity (Wildman–Crippen MR) is 120 cm³/mol. The average Bonchev–Trinajstić information content (AvgIpc) is 2.76. The van der Waals surface area contributed by atoms with Crippen molar-refractivity contribution in [2.75, 3.05) is 0 Å². The number of unbranched alkanes of at least 4 members (excludes halogenated alkanes) is 2. The molecule has 3 rings (SSSR count). The van der Waals surface area contributed by atoms with Crippen LogP contribution in [0.1, 0.15) is 55.4 Å². The maximum Gasteiger partial charge on any atom is 0.0249 e. The van der Waals surface area contributed by atoms with E-state index in [0.29, 0.717) is 0 Å². The van der Waals surface area contributed by atoms with Gasteiger partial charge in [0.2, 0.25) is 0 Å². The van der Waals surface area contributed by atoms with Gasteiger partial charge in [-0.15, -0.1) is 0 Å². The fourth-order valence-electron chi connectivity index (χ4n) is 2.89. The fraction of sp³-hybridized carbons (Fsp3) is 0.214. The van der Waals surface area contributed by atoms with Gasteiger partial charge in [0.25, 0.3) is 0 Å². The minimum Gasteiger partial charge on any atom is -0.0979 e. The van der Waals surface area contributed by atoms with Crippen molar-refractivity contribution >= 4 is 0 Å². The molecule has 0 fully saturated rings. The van der Waals surface area contributed by atoms with E-state index in [4.69, 9.17) is 0 Å². The molecule has 3 aromatic carbocycles. The monoisotopic (exact) mass is 362 g/mol. The first-order valence-electron chi connectivity index (χ1n) is 10.1. The van der Waals surface area contributed by atoms with Crippen molar-refractivity contribution in [2.24, 2.45) is 0 Å². The lowest BCUT2D eigenvalue weighted by Gasteiger charge is -2.03. The van der Waals surface area contributed by atoms with Gasteiger partial charge >= 0.3 is 0 Å². The molecule has 0 heterocycles. The topological polar surface area (TPSA) is 0 Å². The summed E-state index contributed by atoms with van der Waals surface area (Å²) in [4.78, 5) is 0. The summed E-state index contributed by atoms with van der Waals surface area (Å²) in [5.41, 5.74) is 6.92. The van der Waals surface area contributed by atoms with Crippen molar-refractivity contribution in [3.05, 3.63) is 95.1 Å². The summed E-state index contributed by atoms with van der Waals surface area (Å²) in [6.07, 6.45) is 4.40. The molecule has 0 aliphatic carbocycles. The Balaban J connectivity index is 1.65. The molecule has 0 aromatic heterocycles. The van der Waals surface area contributed by atoms with Crippen molar-refractivity contribution in [3.8, 4) is 34.8 Å². The molecular weight excluding hydrogens is 336 g/mol. The second kappa shape index (κ2) is 10.2. The first-order valence-corrected chi connectivity index (χ1v) is 10.1. The first-order chi connectivity index (χ1) is 13.8. The number of aryl methyl sites for hydroxylation is 1. The maximum atomic E-state index is 3.25. The minimum absolute atomic E-state index is 0.969. The van der Waals surface area contributed by atoms with Gasteiger partial charge in [0.15, 0.2) is 0 Å². The van der Waals surface area contributed by atoms with E-state index >= 15 is 0 Å². The zero-order valence-corrected chi connectivity index (χ0v) is 16.8. The van der Waals surface area contributed by atoms with Crippen LogP contribution >= 0.6 is 0 Å². The third-order valence-electron chi connectivity index (χ3n) is 4.70. The van der Waals surface area contributed by atoms with E-state index in [1.165, 1.54) is 29.5 Å². The van der Waals surface area contributed by atoms with E-state index in [-0.39, 0.29) is 0 Å². The molecular formula is C28H26. The van der Waals surface area contributed by atoms with Crippen LogP contribution in [0.25, 0.3) is 11.1 Å². The SMILES string of the molecule is CCCCC#Cc1ccc(C#Cc2ccc(-c3ccc(CC)cc3)cc2)cc1. The molecule has 138 valence electrons. The van der Waals surface area contributed by atoms with E-state index in [2.05, 4.69) is 86.1 Å². The van der Waals surface area contributed by atoms with E-state index in [1.807, 2.05) is 24.3 Å². The van der Waals surface area contributed by atoms with Crippen LogP contribution in [0.3, 0.4) is 0 Å². The maximum absolute atomic E-state index is 3.25. The van der Waals surface area contributed by atoms with Crippen LogP contribution in [0, 0.1) is 23.7 Å². The highest BCUT2D eigenvalue weighted by Crippen LogP contribution is 2.20. The summed E-state index contributed by atoms with van der Waals surface area (Å²) in [5, 5.41) is 0. The molecule has 0 aliphatic rings. The average molecular weight is 363 g/mol. The van der Waals surface area contributed by atoms with Crippen molar-refractivity contribution in [1.82, 2.24) is 0 Å². The molecule has 0 aliphatic heterocycles. The van der Waals surface area contributed by atoms with E-state index in [0.717, 1.165) is 29.5 Å². The standard InChI is InChI=1S/C28H26/c1-3-5-6-7-8-24-9-11-25(12-10-24)13-14-26-17-21-28(22-18-26)27-19-15-23(4-2)16-20-27/h9-12,15-22H,3-6H2,1-2H3. The van der Waals surface area contributed by atoms with Gasteiger partial charge in [-0.1, -0.05) is 80.3 Å². The molecule has 0 radical (unpaired) electrons. The zero-order chi connectivity index (χ0) is 19.6. The molecule has 3 aromatic rings. The van der Waals surface area contributed by atoms with Crippen molar-refractivity contribution in [2.45, 2.75) is 39.5 Å². The van der Waals surface area contributed by atoms with Crippen LogP contribution in [-0.4, -0.2) is 0 Å². The van der Waals surface area contributed by atoms with Crippen LogP contribution in [0.5, 0.6) is 0 Å². The largest absolute Gasteiger partial charge is 0.0979 e. The molecule has 0 amide bonds. The Kier molecular flexibility index (Phi) is 7.12. The fourth-order valence-corrected chi connectivity index (χ4v) is 2.89. The van der Waals surface area contributed by atoms with Crippen LogP contribution < -0.4 is 0 Å². The zero-order valence-electron chi connectivity index (χ0n) is 16.8. The van der Waals surface area contributed by atoms with Crippen molar-refractivity contribution in [3.63, 3.8) is 0 Å². The van der Waals surface area contributed by atoms with Crippen molar-refractivity contribution in [1.29, 1.82) is 0 Å². The van der Waals surface area contributed by atoms with E-state index < -0.39 is 0 Å². The highest BCUT2D eigenvalue weighted by molar-refractivity contribution is 5.64.